The molecule has 1 unspecified atom stereocenters. The maximum atomic E-state index is 12.2. The van der Waals surface area contributed by atoms with Crippen LogP contribution in [0.25, 0.3) is 0 Å². The van der Waals surface area contributed by atoms with Crippen LogP contribution in [-0.2, 0) is 9.59 Å². The number of para-hydroxylation sites is 1. The Morgan fingerprint density at radius 1 is 1.08 bits per heavy atom. The number of ether oxygens (including phenoxy) is 2. The van der Waals surface area contributed by atoms with Gasteiger partial charge in [-0.2, -0.15) is 0 Å². The first-order valence-corrected chi connectivity index (χ1v) is 8.39. The summed E-state index contributed by atoms with van der Waals surface area (Å²) in [5, 5.41) is 0. The van der Waals surface area contributed by atoms with E-state index in [1.807, 2.05) is 48.5 Å². The summed E-state index contributed by atoms with van der Waals surface area (Å²) in [6.07, 6.45) is 0.152. The first-order valence-electron chi connectivity index (χ1n) is 8.39. The third-order valence-corrected chi connectivity index (χ3v) is 4.13. The van der Waals surface area contributed by atoms with Crippen LogP contribution in [0.3, 0.4) is 0 Å². The summed E-state index contributed by atoms with van der Waals surface area (Å²) in [6, 6.07) is 16.7. The van der Waals surface area contributed by atoms with E-state index >= 15 is 0 Å². The Hall–Kier alpha value is -3.06. The molecule has 1 aliphatic rings. The number of carbonyl (C=O) groups excluding carboxylic acids is 2. The van der Waals surface area contributed by atoms with Crippen LogP contribution in [-0.4, -0.2) is 31.6 Å². The summed E-state index contributed by atoms with van der Waals surface area (Å²) < 4.78 is 11.3. The first kappa shape index (κ1) is 17.8. The lowest BCUT2D eigenvalue weighted by Crippen LogP contribution is -2.37. The molecule has 1 fully saturated rings. The number of anilines is 1. The summed E-state index contributed by atoms with van der Waals surface area (Å²) in [5.41, 5.74) is 2.80. The summed E-state index contributed by atoms with van der Waals surface area (Å²) in [4.78, 5) is 25.4. The zero-order valence-corrected chi connectivity index (χ0v) is 14.3. The van der Waals surface area contributed by atoms with E-state index < -0.39 is 5.92 Å². The van der Waals surface area contributed by atoms with Crippen molar-refractivity contribution in [3.63, 3.8) is 0 Å². The molecule has 1 atom stereocenters. The van der Waals surface area contributed by atoms with Crippen LogP contribution in [0, 0.1) is 5.92 Å². The first-order chi connectivity index (χ1) is 12.7. The highest BCUT2D eigenvalue weighted by Gasteiger charge is 2.34. The summed E-state index contributed by atoms with van der Waals surface area (Å²) >= 11 is 0. The van der Waals surface area contributed by atoms with Gasteiger partial charge in [-0.05, 0) is 24.3 Å². The Kier molecular flexibility index (Phi) is 5.70. The van der Waals surface area contributed by atoms with Gasteiger partial charge in [0.25, 0.3) is 0 Å². The lowest BCUT2D eigenvalue weighted by molar-refractivity contribution is -0.126. The van der Waals surface area contributed by atoms with E-state index in [-0.39, 0.29) is 18.2 Å². The van der Waals surface area contributed by atoms with Crippen LogP contribution in [0.15, 0.2) is 54.6 Å². The molecule has 1 heterocycles. The second-order valence-electron chi connectivity index (χ2n) is 5.92. The average Bonchev–Trinajstić information content (AvgIpc) is 3.07. The van der Waals surface area contributed by atoms with Crippen molar-refractivity contribution in [3.05, 3.63) is 54.6 Å². The van der Waals surface area contributed by atoms with E-state index in [0.29, 0.717) is 31.2 Å². The van der Waals surface area contributed by atoms with Crippen LogP contribution in [0.1, 0.15) is 6.42 Å². The molecule has 1 aliphatic heterocycles. The average molecular weight is 355 g/mol. The largest absolute Gasteiger partial charge is 0.490 e. The van der Waals surface area contributed by atoms with Gasteiger partial charge in [0.1, 0.15) is 24.7 Å². The van der Waals surface area contributed by atoms with Crippen LogP contribution < -0.4 is 25.6 Å². The lowest BCUT2D eigenvalue weighted by Gasteiger charge is -2.17. The third-order valence-electron chi connectivity index (χ3n) is 4.13. The number of hydrazine groups is 1. The zero-order valence-electron chi connectivity index (χ0n) is 14.3. The van der Waals surface area contributed by atoms with Crippen molar-refractivity contribution in [2.75, 3.05) is 24.7 Å². The van der Waals surface area contributed by atoms with Crippen molar-refractivity contribution in [3.8, 4) is 11.5 Å². The molecule has 0 radical (unpaired) electrons. The van der Waals surface area contributed by atoms with Crippen molar-refractivity contribution in [2.45, 2.75) is 6.42 Å². The third kappa shape index (κ3) is 4.31. The van der Waals surface area contributed by atoms with Gasteiger partial charge in [-0.1, -0.05) is 24.3 Å². The molecule has 0 saturated carbocycles. The lowest BCUT2D eigenvalue weighted by atomic mass is 10.1. The molecule has 0 aromatic heterocycles. The fourth-order valence-electron chi connectivity index (χ4n) is 2.83. The highest BCUT2D eigenvalue weighted by Crippen LogP contribution is 2.28. The number of benzene rings is 2. The van der Waals surface area contributed by atoms with Crippen LogP contribution in [0.5, 0.6) is 11.5 Å². The summed E-state index contributed by atoms with van der Waals surface area (Å²) in [6.45, 7) is 1.10. The summed E-state index contributed by atoms with van der Waals surface area (Å²) in [5.74, 6) is 5.71. The normalized spacial score (nSPS) is 16.4. The highest BCUT2D eigenvalue weighted by molar-refractivity contribution is 6.00. The molecule has 136 valence electrons. The Morgan fingerprint density at radius 2 is 1.77 bits per heavy atom. The molecule has 26 heavy (non-hydrogen) atoms. The molecule has 0 spiro atoms. The highest BCUT2D eigenvalue weighted by atomic mass is 16.5. The number of carbonyl (C=O) groups is 2. The molecular weight excluding hydrogens is 334 g/mol. The van der Waals surface area contributed by atoms with Crippen LogP contribution in [0.2, 0.25) is 0 Å². The maximum absolute atomic E-state index is 12.2. The van der Waals surface area contributed by atoms with E-state index in [4.69, 9.17) is 15.3 Å². The molecule has 2 aromatic carbocycles. The Labute approximate surface area is 151 Å². The van der Waals surface area contributed by atoms with E-state index in [9.17, 15) is 9.59 Å². The van der Waals surface area contributed by atoms with Gasteiger partial charge in [-0.15, -0.1) is 0 Å². The Morgan fingerprint density at radius 3 is 2.50 bits per heavy atom. The molecular formula is C19H21N3O4. The van der Waals surface area contributed by atoms with Gasteiger partial charge < -0.3 is 14.4 Å². The standard InChI is InChI=1S/C19H21N3O4/c20-21-19(24)14-11-18(23)22(13-14)15-5-4-8-17(12-15)26-10-9-25-16-6-2-1-3-7-16/h1-8,12,14H,9-11,13,20H2,(H,21,24). The molecule has 3 rings (SSSR count). The van der Waals surface area contributed by atoms with Crippen molar-refractivity contribution in [2.24, 2.45) is 11.8 Å². The second-order valence-corrected chi connectivity index (χ2v) is 5.92. The number of nitrogens with one attached hydrogen (secondary N) is 1. The van der Waals surface area contributed by atoms with Crippen molar-refractivity contribution in [1.82, 2.24) is 5.43 Å². The van der Waals surface area contributed by atoms with Crippen LogP contribution in [0.4, 0.5) is 5.69 Å². The van der Waals surface area contributed by atoms with Gasteiger partial charge in [0.15, 0.2) is 0 Å². The Balaban J connectivity index is 1.55. The van der Waals surface area contributed by atoms with Gasteiger partial charge in [-0.3, -0.25) is 15.0 Å². The molecule has 2 aromatic rings. The van der Waals surface area contributed by atoms with Gasteiger partial charge in [0, 0.05) is 24.7 Å². The number of rotatable bonds is 7. The minimum atomic E-state index is -0.434. The van der Waals surface area contributed by atoms with E-state index in [1.54, 1.807) is 11.0 Å². The van der Waals surface area contributed by atoms with Crippen molar-refractivity contribution in [1.29, 1.82) is 0 Å². The number of nitrogens with two attached hydrogens (primary N) is 1. The van der Waals surface area contributed by atoms with Gasteiger partial charge >= 0.3 is 0 Å². The zero-order chi connectivity index (χ0) is 18.4. The quantitative estimate of drug-likeness (QED) is 0.340. The molecule has 0 aliphatic carbocycles. The van der Waals surface area contributed by atoms with Crippen LogP contribution >= 0.6 is 0 Å². The SMILES string of the molecule is NNC(=O)C1CC(=O)N(c2cccc(OCCOc3ccccc3)c2)C1. The van der Waals surface area contributed by atoms with Crippen molar-refractivity contribution >= 4 is 17.5 Å². The number of hydrogen-bond acceptors (Lipinski definition) is 5. The second kappa shape index (κ2) is 8.35. The predicted molar refractivity (Wildman–Crippen MR) is 96.7 cm³/mol. The van der Waals surface area contributed by atoms with Gasteiger partial charge in [0.05, 0.1) is 5.92 Å². The smallest absolute Gasteiger partial charge is 0.239 e. The van der Waals surface area contributed by atoms with Crippen molar-refractivity contribution < 1.29 is 19.1 Å². The maximum Gasteiger partial charge on any atom is 0.239 e. The van der Waals surface area contributed by atoms with E-state index in [1.165, 1.54) is 0 Å². The topological polar surface area (TPSA) is 93.9 Å². The van der Waals surface area contributed by atoms with E-state index in [2.05, 4.69) is 5.43 Å². The number of hydrogen-bond donors (Lipinski definition) is 2. The molecule has 2 amide bonds. The fourth-order valence-corrected chi connectivity index (χ4v) is 2.83. The molecule has 7 nitrogen and oxygen atoms in total. The van der Waals surface area contributed by atoms with E-state index in [0.717, 1.165) is 5.75 Å². The molecule has 0 bridgehead atoms. The molecule has 3 N–H and O–H groups in total. The minimum absolute atomic E-state index is 0.108. The molecule has 1 saturated heterocycles. The number of amides is 2. The fraction of sp³-hybridized carbons (Fsp3) is 0.263. The van der Waals surface area contributed by atoms with Gasteiger partial charge in [-0.25, -0.2) is 5.84 Å². The van der Waals surface area contributed by atoms with Gasteiger partial charge in [0.2, 0.25) is 11.8 Å². The predicted octanol–water partition coefficient (Wildman–Crippen LogP) is 1.49. The monoisotopic (exact) mass is 355 g/mol. The summed E-state index contributed by atoms with van der Waals surface area (Å²) in [7, 11) is 0. The minimum Gasteiger partial charge on any atom is -0.490 e. The number of nitrogens with zero attached hydrogens (tertiary/aromatic N) is 1. The Bertz CT molecular complexity index is 766. The molecule has 7 heteroatoms.